The van der Waals surface area contributed by atoms with Crippen LogP contribution in [0.2, 0.25) is 0 Å². The molecule has 20 heavy (non-hydrogen) atoms. The lowest BCUT2D eigenvalue weighted by molar-refractivity contribution is -0.120. The number of carbonyl (C=O) groups is 2. The van der Waals surface area contributed by atoms with Crippen LogP contribution in [0.3, 0.4) is 0 Å². The van der Waals surface area contributed by atoms with Crippen LogP contribution in [0.1, 0.15) is 6.42 Å². The molecule has 0 bridgehead atoms. The lowest BCUT2D eigenvalue weighted by atomic mass is 10.2. The fourth-order valence-electron chi connectivity index (χ4n) is 1.68. The summed E-state index contributed by atoms with van der Waals surface area (Å²) in [6.45, 7) is 0. The molecule has 108 valence electrons. The van der Waals surface area contributed by atoms with E-state index in [4.69, 9.17) is 0 Å². The van der Waals surface area contributed by atoms with E-state index in [9.17, 15) is 22.4 Å². The van der Waals surface area contributed by atoms with Crippen molar-refractivity contribution in [1.82, 2.24) is 10.6 Å². The van der Waals surface area contributed by atoms with Crippen LogP contribution in [0.25, 0.3) is 0 Å². The minimum absolute atomic E-state index is 0.0475. The molecule has 2 rings (SSSR count). The van der Waals surface area contributed by atoms with Crippen molar-refractivity contribution in [2.75, 3.05) is 10.5 Å². The third kappa shape index (κ3) is 3.67. The van der Waals surface area contributed by atoms with Crippen LogP contribution in [0.5, 0.6) is 0 Å². The first-order chi connectivity index (χ1) is 9.35. The molecule has 1 aromatic rings. The summed E-state index contributed by atoms with van der Waals surface area (Å²) in [5, 5.41) is 4.32. The Labute approximate surface area is 114 Å². The molecule has 0 radical (unpaired) electrons. The zero-order valence-electron chi connectivity index (χ0n) is 10.2. The summed E-state index contributed by atoms with van der Waals surface area (Å²) in [6, 6.07) is 3.34. The topological polar surface area (TPSA) is 104 Å². The predicted octanol–water partition coefficient (Wildman–Crippen LogP) is 0.165. The second kappa shape index (κ2) is 5.45. The number of urea groups is 1. The van der Waals surface area contributed by atoms with Crippen LogP contribution in [0.15, 0.2) is 24.3 Å². The van der Waals surface area contributed by atoms with Gasteiger partial charge in [0.05, 0.1) is 5.75 Å². The Kier molecular flexibility index (Phi) is 3.89. The normalized spacial score (nSPS) is 18.6. The Morgan fingerprint density at radius 1 is 1.20 bits per heavy atom. The molecule has 0 aliphatic carbocycles. The van der Waals surface area contributed by atoms with Crippen LogP contribution in [0, 0.1) is 5.82 Å². The van der Waals surface area contributed by atoms with Crippen molar-refractivity contribution in [3.05, 3.63) is 30.1 Å². The number of imide groups is 1. The van der Waals surface area contributed by atoms with Crippen LogP contribution < -0.4 is 15.4 Å². The fourth-order valence-corrected chi connectivity index (χ4v) is 2.83. The highest BCUT2D eigenvalue weighted by Gasteiger charge is 2.30. The average molecular weight is 301 g/mol. The molecule has 0 spiro atoms. The smallest absolute Gasteiger partial charge is 0.322 e. The van der Waals surface area contributed by atoms with Crippen molar-refractivity contribution in [2.45, 2.75) is 12.5 Å². The number of benzene rings is 1. The molecule has 9 heteroatoms. The molecular formula is C11H12FN3O4S. The lowest BCUT2D eigenvalue weighted by Gasteiger charge is -2.10. The van der Waals surface area contributed by atoms with Gasteiger partial charge < -0.3 is 5.32 Å². The number of carbonyl (C=O) groups excluding carboxylic acids is 2. The van der Waals surface area contributed by atoms with Crippen molar-refractivity contribution < 1.29 is 22.4 Å². The molecule has 1 aliphatic rings. The Bertz CT molecular complexity index is 630. The standard InChI is InChI=1S/C11H12FN3O4S/c12-7-1-3-8(4-2-7)15-20(18,19)6-5-9-10(16)14-11(17)13-9/h1-4,9,15H,5-6H2,(H2,13,14,16,17). The largest absolute Gasteiger partial charge is 0.326 e. The molecule has 3 N–H and O–H groups in total. The van der Waals surface area contributed by atoms with Gasteiger partial charge in [-0.2, -0.15) is 0 Å². The molecule has 0 aromatic heterocycles. The summed E-state index contributed by atoms with van der Waals surface area (Å²) < 4.78 is 38.5. The minimum atomic E-state index is -3.68. The maximum absolute atomic E-state index is 12.7. The van der Waals surface area contributed by atoms with Crippen molar-refractivity contribution in [3.63, 3.8) is 0 Å². The van der Waals surface area contributed by atoms with Gasteiger partial charge in [-0.15, -0.1) is 0 Å². The van der Waals surface area contributed by atoms with E-state index in [1.165, 1.54) is 12.1 Å². The van der Waals surface area contributed by atoms with E-state index in [0.29, 0.717) is 0 Å². The van der Waals surface area contributed by atoms with Crippen LogP contribution >= 0.6 is 0 Å². The van der Waals surface area contributed by atoms with Gasteiger partial charge in [-0.05, 0) is 30.7 Å². The number of sulfonamides is 1. The van der Waals surface area contributed by atoms with E-state index in [0.717, 1.165) is 12.1 Å². The van der Waals surface area contributed by atoms with Gasteiger partial charge in [-0.3, -0.25) is 14.8 Å². The van der Waals surface area contributed by atoms with Gasteiger partial charge in [0.1, 0.15) is 11.9 Å². The quantitative estimate of drug-likeness (QED) is 0.674. The molecule has 7 nitrogen and oxygen atoms in total. The molecular weight excluding hydrogens is 289 g/mol. The summed E-state index contributed by atoms with van der Waals surface area (Å²) in [4.78, 5) is 22.1. The SMILES string of the molecule is O=C1NC(=O)C(CCS(=O)(=O)Nc2ccc(F)cc2)N1. The Balaban J connectivity index is 1.93. The summed E-state index contributed by atoms with van der Waals surface area (Å²) in [7, 11) is -3.68. The molecule has 0 saturated carbocycles. The summed E-state index contributed by atoms with van der Waals surface area (Å²) in [5.74, 6) is -1.37. The second-order valence-electron chi connectivity index (χ2n) is 4.23. The summed E-state index contributed by atoms with van der Waals surface area (Å²) >= 11 is 0. The number of halogens is 1. The van der Waals surface area contributed by atoms with Gasteiger partial charge in [0.15, 0.2) is 0 Å². The van der Waals surface area contributed by atoms with Crippen LogP contribution in [-0.2, 0) is 14.8 Å². The van der Waals surface area contributed by atoms with Gasteiger partial charge in [-0.1, -0.05) is 0 Å². The van der Waals surface area contributed by atoms with Crippen LogP contribution in [-0.4, -0.2) is 32.2 Å². The molecule has 3 amide bonds. The van der Waals surface area contributed by atoms with E-state index in [1.807, 2.05) is 5.32 Å². The van der Waals surface area contributed by atoms with Crippen molar-refractivity contribution in [1.29, 1.82) is 0 Å². The van der Waals surface area contributed by atoms with E-state index in [2.05, 4.69) is 10.0 Å². The zero-order chi connectivity index (χ0) is 14.8. The third-order valence-electron chi connectivity index (χ3n) is 2.65. The molecule has 1 fully saturated rings. The van der Waals surface area contributed by atoms with Gasteiger partial charge in [0.2, 0.25) is 10.0 Å². The van der Waals surface area contributed by atoms with E-state index >= 15 is 0 Å². The first-order valence-electron chi connectivity index (χ1n) is 5.73. The van der Waals surface area contributed by atoms with Gasteiger partial charge in [0, 0.05) is 5.69 Å². The Hall–Kier alpha value is -2.16. The highest BCUT2D eigenvalue weighted by Crippen LogP contribution is 2.11. The zero-order valence-corrected chi connectivity index (χ0v) is 11.0. The summed E-state index contributed by atoms with van der Waals surface area (Å²) in [6.07, 6.45) is -0.0475. The Morgan fingerprint density at radius 3 is 2.40 bits per heavy atom. The predicted molar refractivity (Wildman–Crippen MR) is 68.9 cm³/mol. The first-order valence-corrected chi connectivity index (χ1v) is 7.38. The monoisotopic (exact) mass is 301 g/mol. The molecule has 1 heterocycles. The maximum Gasteiger partial charge on any atom is 0.322 e. The number of hydrogen-bond acceptors (Lipinski definition) is 4. The van der Waals surface area contributed by atoms with Crippen molar-refractivity contribution >= 4 is 27.6 Å². The fraction of sp³-hybridized carbons (Fsp3) is 0.273. The molecule has 1 aromatic carbocycles. The van der Waals surface area contributed by atoms with Crippen LogP contribution in [0.4, 0.5) is 14.9 Å². The van der Waals surface area contributed by atoms with Gasteiger partial charge >= 0.3 is 6.03 Å². The number of hydrogen-bond donors (Lipinski definition) is 3. The first kappa shape index (κ1) is 14.3. The average Bonchev–Trinajstić information content (AvgIpc) is 2.68. The number of anilines is 1. The number of rotatable bonds is 5. The molecule has 1 aliphatic heterocycles. The van der Waals surface area contributed by atoms with E-state index < -0.39 is 33.8 Å². The highest BCUT2D eigenvalue weighted by molar-refractivity contribution is 7.92. The van der Waals surface area contributed by atoms with E-state index in [-0.39, 0.29) is 17.9 Å². The molecule has 1 atom stereocenters. The Morgan fingerprint density at radius 2 is 1.85 bits per heavy atom. The minimum Gasteiger partial charge on any atom is -0.326 e. The molecule has 1 unspecified atom stereocenters. The highest BCUT2D eigenvalue weighted by atomic mass is 32.2. The third-order valence-corrected chi connectivity index (χ3v) is 3.97. The second-order valence-corrected chi connectivity index (χ2v) is 6.07. The number of amides is 3. The lowest BCUT2D eigenvalue weighted by Crippen LogP contribution is -2.32. The van der Waals surface area contributed by atoms with Crippen molar-refractivity contribution in [2.24, 2.45) is 0 Å². The van der Waals surface area contributed by atoms with Gasteiger partial charge in [-0.25, -0.2) is 17.6 Å². The molecule has 1 saturated heterocycles. The van der Waals surface area contributed by atoms with Gasteiger partial charge in [0.25, 0.3) is 5.91 Å². The number of nitrogens with one attached hydrogen (secondary N) is 3. The van der Waals surface area contributed by atoms with Crippen molar-refractivity contribution in [3.8, 4) is 0 Å². The maximum atomic E-state index is 12.7. The van der Waals surface area contributed by atoms with E-state index in [1.54, 1.807) is 0 Å². The summed E-state index contributed by atoms with van der Waals surface area (Å²) in [5.41, 5.74) is 0.228.